The Kier molecular flexibility index (Phi) is 4.60. The van der Waals surface area contributed by atoms with Gasteiger partial charge in [-0.1, -0.05) is 25.0 Å². The maximum absolute atomic E-state index is 12.8. The second kappa shape index (κ2) is 7.28. The Balaban J connectivity index is 1.20. The average Bonchev–Trinajstić information content (AvgIpc) is 3.29. The van der Waals surface area contributed by atoms with Crippen LogP contribution in [0, 0.1) is 11.8 Å². The third-order valence-electron chi connectivity index (χ3n) is 6.73. The average molecular weight is 395 g/mol. The number of aromatic nitrogens is 1. The fourth-order valence-corrected chi connectivity index (χ4v) is 5.06. The molecule has 0 spiro atoms. The number of hydrogen-bond donors (Lipinski definition) is 0. The van der Waals surface area contributed by atoms with E-state index in [1.54, 1.807) is 4.90 Å². The van der Waals surface area contributed by atoms with Crippen molar-refractivity contribution in [2.75, 3.05) is 19.6 Å². The highest BCUT2D eigenvalue weighted by atomic mass is 16.3. The fraction of sp³-hybridized carbons (Fsp3) is 0.545. The predicted octanol–water partition coefficient (Wildman–Crippen LogP) is 2.71. The molecule has 0 N–H and O–H groups in total. The molecule has 2 saturated heterocycles. The minimum atomic E-state index is -0.200. The van der Waals surface area contributed by atoms with Crippen molar-refractivity contribution in [3.8, 4) is 0 Å². The highest BCUT2D eigenvalue weighted by molar-refractivity contribution is 6.07. The van der Waals surface area contributed by atoms with Crippen molar-refractivity contribution >= 4 is 28.8 Å². The summed E-state index contributed by atoms with van der Waals surface area (Å²) in [5.41, 5.74) is 1.64. The zero-order chi connectivity index (χ0) is 20.0. The molecule has 29 heavy (non-hydrogen) atoms. The second-order valence-electron chi connectivity index (χ2n) is 8.43. The summed E-state index contributed by atoms with van der Waals surface area (Å²) >= 11 is 0. The van der Waals surface area contributed by atoms with Crippen LogP contribution in [-0.4, -0.2) is 52.1 Å². The summed E-state index contributed by atoms with van der Waals surface area (Å²) in [4.78, 5) is 45.6. The molecule has 3 heterocycles. The number of para-hydroxylation sites is 2. The number of carbonyl (C=O) groups is 3. The minimum absolute atomic E-state index is 0.113. The van der Waals surface area contributed by atoms with Gasteiger partial charge >= 0.3 is 0 Å². The summed E-state index contributed by atoms with van der Waals surface area (Å²) in [5.74, 6) is 0.0877. The van der Waals surface area contributed by atoms with Crippen molar-refractivity contribution in [1.82, 2.24) is 14.8 Å². The van der Waals surface area contributed by atoms with Gasteiger partial charge in [0.15, 0.2) is 11.5 Å². The molecule has 3 amide bonds. The first-order chi connectivity index (χ1) is 14.1. The molecule has 1 saturated carbocycles. The minimum Gasteiger partial charge on any atom is -0.440 e. The first-order valence-corrected chi connectivity index (χ1v) is 10.6. The molecule has 0 bridgehead atoms. The first-order valence-electron chi connectivity index (χ1n) is 10.6. The van der Waals surface area contributed by atoms with Crippen LogP contribution in [0.2, 0.25) is 0 Å². The second-order valence-corrected chi connectivity index (χ2v) is 8.43. The van der Waals surface area contributed by atoms with Crippen molar-refractivity contribution in [3.05, 3.63) is 30.2 Å². The molecule has 7 heteroatoms. The normalized spacial score (nSPS) is 25.7. The van der Waals surface area contributed by atoms with Gasteiger partial charge in [0, 0.05) is 19.0 Å². The molecule has 5 rings (SSSR count). The lowest BCUT2D eigenvalue weighted by atomic mass is 9.81. The number of oxazole rings is 1. The summed E-state index contributed by atoms with van der Waals surface area (Å²) in [6.07, 6.45) is 5.07. The van der Waals surface area contributed by atoms with Gasteiger partial charge in [0.25, 0.3) is 0 Å². The van der Waals surface area contributed by atoms with E-state index in [0.717, 1.165) is 55.5 Å². The van der Waals surface area contributed by atoms with E-state index in [9.17, 15) is 14.4 Å². The number of hydrogen-bond acceptors (Lipinski definition) is 5. The summed E-state index contributed by atoms with van der Waals surface area (Å²) in [5, 5.41) is 0. The van der Waals surface area contributed by atoms with Gasteiger partial charge in [0.05, 0.1) is 11.8 Å². The molecule has 2 aliphatic heterocycles. The zero-order valence-corrected chi connectivity index (χ0v) is 16.4. The van der Waals surface area contributed by atoms with Crippen LogP contribution in [0.3, 0.4) is 0 Å². The van der Waals surface area contributed by atoms with Crippen LogP contribution in [0.1, 0.15) is 50.3 Å². The number of nitrogens with zero attached hydrogens (tertiary/aromatic N) is 3. The van der Waals surface area contributed by atoms with Gasteiger partial charge in [-0.2, -0.15) is 0 Å². The van der Waals surface area contributed by atoms with Gasteiger partial charge in [-0.3, -0.25) is 19.3 Å². The van der Waals surface area contributed by atoms with Crippen molar-refractivity contribution in [2.24, 2.45) is 11.8 Å². The van der Waals surface area contributed by atoms with Gasteiger partial charge in [-0.25, -0.2) is 4.98 Å². The Labute approximate surface area is 169 Å². The Morgan fingerprint density at radius 3 is 2.31 bits per heavy atom. The molecule has 2 unspecified atom stereocenters. The van der Waals surface area contributed by atoms with E-state index < -0.39 is 0 Å². The van der Waals surface area contributed by atoms with Crippen molar-refractivity contribution < 1.29 is 18.8 Å². The number of fused-ring (bicyclic) bond motifs is 2. The van der Waals surface area contributed by atoms with Crippen LogP contribution in [0.5, 0.6) is 0 Å². The largest absolute Gasteiger partial charge is 0.440 e. The van der Waals surface area contributed by atoms with Gasteiger partial charge in [-0.05, 0) is 37.8 Å². The molecule has 1 aromatic heterocycles. The SMILES string of the molecule is O=C(CN1C(=O)C2CCCCC2C1=O)N1CCC(c2nc3ccccc3o2)CC1. The Hall–Kier alpha value is -2.70. The number of piperidine rings is 1. The van der Waals surface area contributed by atoms with Gasteiger partial charge < -0.3 is 9.32 Å². The summed E-state index contributed by atoms with van der Waals surface area (Å²) in [6, 6.07) is 7.71. The van der Waals surface area contributed by atoms with E-state index in [-0.39, 0.29) is 42.0 Å². The number of rotatable bonds is 3. The third-order valence-corrected chi connectivity index (χ3v) is 6.73. The van der Waals surface area contributed by atoms with E-state index in [0.29, 0.717) is 13.1 Å². The molecule has 0 radical (unpaired) electrons. The van der Waals surface area contributed by atoms with E-state index in [4.69, 9.17) is 4.42 Å². The van der Waals surface area contributed by atoms with Crippen molar-refractivity contribution in [1.29, 1.82) is 0 Å². The quantitative estimate of drug-likeness (QED) is 0.746. The monoisotopic (exact) mass is 395 g/mol. The van der Waals surface area contributed by atoms with Gasteiger partial charge in [-0.15, -0.1) is 0 Å². The Bertz CT molecular complexity index is 903. The van der Waals surface area contributed by atoms with E-state index in [2.05, 4.69) is 4.98 Å². The van der Waals surface area contributed by atoms with Crippen LogP contribution < -0.4 is 0 Å². The molecule has 7 nitrogen and oxygen atoms in total. The molecular weight excluding hydrogens is 370 g/mol. The van der Waals surface area contributed by atoms with Crippen LogP contribution in [0.4, 0.5) is 0 Å². The Morgan fingerprint density at radius 1 is 1.00 bits per heavy atom. The number of imide groups is 1. The van der Waals surface area contributed by atoms with Crippen LogP contribution >= 0.6 is 0 Å². The number of benzene rings is 1. The fourth-order valence-electron chi connectivity index (χ4n) is 5.06. The smallest absolute Gasteiger partial charge is 0.242 e. The number of amides is 3. The zero-order valence-electron chi connectivity index (χ0n) is 16.4. The maximum atomic E-state index is 12.8. The molecule has 3 fully saturated rings. The lowest BCUT2D eigenvalue weighted by molar-refractivity contribution is -0.147. The first kappa shape index (κ1) is 18.3. The van der Waals surface area contributed by atoms with Gasteiger partial charge in [0.1, 0.15) is 12.1 Å². The van der Waals surface area contributed by atoms with Crippen LogP contribution in [0.15, 0.2) is 28.7 Å². The summed E-state index contributed by atoms with van der Waals surface area (Å²) in [6.45, 7) is 1.06. The summed E-state index contributed by atoms with van der Waals surface area (Å²) < 4.78 is 5.88. The predicted molar refractivity (Wildman–Crippen MR) is 105 cm³/mol. The van der Waals surface area contributed by atoms with E-state index >= 15 is 0 Å². The molecule has 152 valence electrons. The molecule has 1 aromatic carbocycles. The standard InChI is InChI=1S/C22H25N3O4/c26-19(13-25-21(27)15-5-1-2-6-16(15)22(25)28)24-11-9-14(10-12-24)20-23-17-7-3-4-8-18(17)29-20/h3-4,7-8,14-16H,1-2,5-6,9-13H2. The summed E-state index contributed by atoms with van der Waals surface area (Å²) in [7, 11) is 0. The van der Waals surface area contributed by atoms with Crippen LogP contribution in [0.25, 0.3) is 11.1 Å². The lowest BCUT2D eigenvalue weighted by Crippen LogP contribution is -2.45. The number of carbonyl (C=O) groups excluding carboxylic acids is 3. The van der Waals surface area contributed by atoms with E-state index in [1.165, 1.54) is 4.90 Å². The van der Waals surface area contributed by atoms with Crippen molar-refractivity contribution in [3.63, 3.8) is 0 Å². The number of likely N-dealkylation sites (tertiary alicyclic amines) is 2. The van der Waals surface area contributed by atoms with Gasteiger partial charge in [0.2, 0.25) is 17.7 Å². The molecule has 3 aliphatic rings. The third kappa shape index (κ3) is 3.22. The lowest BCUT2D eigenvalue weighted by Gasteiger charge is -2.31. The molecule has 2 atom stereocenters. The maximum Gasteiger partial charge on any atom is 0.242 e. The highest BCUT2D eigenvalue weighted by Gasteiger charge is 2.48. The highest BCUT2D eigenvalue weighted by Crippen LogP contribution is 2.38. The topological polar surface area (TPSA) is 83.7 Å². The Morgan fingerprint density at radius 2 is 1.66 bits per heavy atom. The molecular formula is C22H25N3O4. The van der Waals surface area contributed by atoms with Crippen molar-refractivity contribution in [2.45, 2.75) is 44.4 Å². The molecule has 1 aliphatic carbocycles. The van der Waals surface area contributed by atoms with Crippen LogP contribution in [-0.2, 0) is 14.4 Å². The molecule has 2 aromatic rings. The van der Waals surface area contributed by atoms with E-state index in [1.807, 2.05) is 24.3 Å².